The van der Waals surface area contributed by atoms with E-state index in [1.54, 1.807) is 26.0 Å². The van der Waals surface area contributed by atoms with Crippen molar-refractivity contribution in [3.63, 3.8) is 0 Å². The van der Waals surface area contributed by atoms with E-state index in [9.17, 15) is 18.0 Å². The van der Waals surface area contributed by atoms with Crippen molar-refractivity contribution in [1.82, 2.24) is 0 Å². The van der Waals surface area contributed by atoms with E-state index in [0.29, 0.717) is 5.69 Å². The Morgan fingerprint density at radius 1 is 1.14 bits per heavy atom. The van der Waals surface area contributed by atoms with Crippen molar-refractivity contribution in [2.45, 2.75) is 13.8 Å². The number of rotatable bonds is 6. The fourth-order valence-electron chi connectivity index (χ4n) is 2.75. The number of nitrogens with zero attached hydrogens (tertiary/aromatic N) is 1. The number of benzene rings is 2. The second-order valence-corrected chi connectivity index (χ2v) is 8.56. The maximum Gasteiger partial charge on any atom is 0.337 e. The maximum absolute atomic E-state index is 12.6. The number of ether oxygens (including phenoxy) is 1. The summed E-state index contributed by atoms with van der Waals surface area (Å²) in [6.07, 6.45) is 1.04. The first kappa shape index (κ1) is 21.7. The molecule has 0 unspecified atom stereocenters. The fourth-order valence-corrected chi connectivity index (χ4v) is 3.88. The lowest BCUT2D eigenvalue weighted by Crippen LogP contribution is -2.38. The highest BCUT2D eigenvalue weighted by Gasteiger charge is 2.24. The zero-order valence-corrected chi connectivity index (χ0v) is 17.5. The molecule has 0 aliphatic carbocycles. The molecule has 1 amide bonds. The first-order valence-corrected chi connectivity index (χ1v) is 10.5. The number of carbonyl (C=O) groups is 2. The molecule has 28 heavy (non-hydrogen) atoms. The van der Waals surface area contributed by atoms with E-state index in [1.807, 2.05) is 6.07 Å². The van der Waals surface area contributed by atoms with Crippen LogP contribution in [0.2, 0.25) is 5.02 Å². The maximum atomic E-state index is 12.6. The number of halogens is 1. The van der Waals surface area contributed by atoms with Gasteiger partial charge in [-0.2, -0.15) is 0 Å². The van der Waals surface area contributed by atoms with Crippen LogP contribution in [-0.2, 0) is 19.6 Å². The summed E-state index contributed by atoms with van der Waals surface area (Å²) in [6.45, 7) is 3.10. The molecule has 0 bridgehead atoms. The summed E-state index contributed by atoms with van der Waals surface area (Å²) in [5.41, 5.74) is 2.30. The Hall–Kier alpha value is -2.58. The summed E-state index contributed by atoms with van der Waals surface area (Å²) in [6, 6.07) is 9.64. The minimum Gasteiger partial charge on any atom is -0.465 e. The molecule has 0 spiro atoms. The molecule has 2 rings (SSSR count). The first-order chi connectivity index (χ1) is 13.0. The zero-order valence-electron chi connectivity index (χ0n) is 15.9. The Bertz CT molecular complexity index is 1000. The fraction of sp³-hybridized carbons (Fsp3) is 0.263. The lowest BCUT2D eigenvalue weighted by atomic mass is 10.1. The van der Waals surface area contributed by atoms with Gasteiger partial charge in [0, 0.05) is 0 Å². The van der Waals surface area contributed by atoms with Gasteiger partial charge >= 0.3 is 5.97 Å². The quantitative estimate of drug-likeness (QED) is 0.719. The molecule has 150 valence electrons. The standard InChI is InChI=1S/C19H21ClN2O5S/c1-12-6-5-7-13(2)18(12)22(28(4,25)26)11-17(23)21-16-10-14(19(24)27-3)8-9-15(16)20/h5-10H,11H2,1-4H3,(H,21,23). The van der Waals surface area contributed by atoms with Crippen LogP contribution in [-0.4, -0.2) is 40.2 Å². The van der Waals surface area contributed by atoms with Gasteiger partial charge in [-0.15, -0.1) is 0 Å². The molecule has 0 saturated heterocycles. The smallest absolute Gasteiger partial charge is 0.337 e. The number of hydrogen-bond acceptors (Lipinski definition) is 5. The minimum absolute atomic E-state index is 0.185. The van der Waals surface area contributed by atoms with Crippen molar-refractivity contribution >= 4 is 44.9 Å². The Kier molecular flexibility index (Phi) is 6.69. The predicted molar refractivity (Wildman–Crippen MR) is 110 cm³/mol. The number of amides is 1. The van der Waals surface area contributed by atoms with Crippen LogP contribution in [0.1, 0.15) is 21.5 Å². The van der Waals surface area contributed by atoms with Crippen molar-refractivity contribution in [2.75, 3.05) is 29.5 Å². The highest BCUT2D eigenvalue weighted by atomic mass is 35.5. The SMILES string of the molecule is COC(=O)c1ccc(Cl)c(NC(=O)CN(c2c(C)cccc2C)S(C)(=O)=O)c1. The summed E-state index contributed by atoms with van der Waals surface area (Å²) < 4.78 is 30.4. The van der Waals surface area contributed by atoms with E-state index in [2.05, 4.69) is 10.1 Å². The number of methoxy groups -OCH3 is 1. The molecule has 0 aromatic heterocycles. The number of hydrogen-bond donors (Lipinski definition) is 1. The van der Waals surface area contributed by atoms with Gasteiger partial charge in [-0.3, -0.25) is 9.10 Å². The van der Waals surface area contributed by atoms with E-state index in [4.69, 9.17) is 11.6 Å². The first-order valence-electron chi connectivity index (χ1n) is 8.26. The average molecular weight is 425 g/mol. The molecule has 0 fully saturated rings. The van der Waals surface area contributed by atoms with Crippen LogP contribution in [0.15, 0.2) is 36.4 Å². The van der Waals surface area contributed by atoms with Crippen LogP contribution in [0.25, 0.3) is 0 Å². The van der Waals surface area contributed by atoms with Gasteiger partial charge in [0.1, 0.15) is 6.54 Å². The van der Waals surface area contributed by atoms with Gasteiger partial charge in [-0.05, 0) is 43.2 Å². The van der Waals surface area contributed by atoms with Gasteiger partial charge in [0.25, 0.3) is 0 Å². The Morgan fingerprint density at radius 2 is 1.75 bits per heavy atom. The monoisotopic (exact) mass is 424 g/mol. The van der Waals surface area contributed by atoms with Gasteiger partial charge in [-0.25, -0.2) is 13.2 Å². The van der Waals surface area contributed by atoms with E-state index in [1.165, 1.54) is 25.3 Å². The third-order valence-electron chi connectivity index (χ3n) is 4.04. The Morgan fingerprint density at radius 3 is 2.29 bits per heavy atom. The van der Waals surface area contributed by atoms with Gasteiger partial charge < -0.3 is 10.1 Å². The molecule has 0 radical (unpaired) electrons. The topological polar surface area (TPSA) is 92.8 Å². The molecule has 0 aliphatic heterocycles. The van der Waals surface area contributed by atoms with Crippen LogP contribution >= 0.6 is 11.6 Å². The van der Waals surface area contributed by atoms with E-state index in [0.717, 1.165) is 21.7 Å². The van der Waals surface area contributed by atoms with Crippen LogP contribution in [0.5, 0.6) is 0 Å². The number of carbonyl (C=O) groups excluding carboxylic acids is 2. The van der Waals surface area contributed by atoms with Crippen molar-refractivity contribution in [2.24, 2.45) is 0 Å². The molecule has 0 heterocycles. The van der Waals surface area contributed by atoms with Crippen molar-refractivity contribution in [3.8, 4) is 0 Å². The lowest BCUT2D eigenvalue weighted by molar-refractivity contribution is -0.114. The second kappa shape index (κ2) is 8.62. The molecule has 2 aromatic carbocycles. The highest BCUT2D eigenvalue weighted by molar-refractivity contribution is 7.92. The number of aryl methyl sites for hydroxylation is 2. The number of para-hydroxylation sites is 1. The third-order valence-corrected chi connectivity index (χ3v) is 5.48. The van der Waals surface area contributed by atoms with Crippen LogP contribution in [0, 0.1) is 13.8 Å². The van der Waals surface area contributed by atoms with Gasteiger partial charge in [0.15, 0.2) is 0 Å². The largest absolute Gasteiger partial charge is 0.465 e. The van der Waals surface area contributed by atoms with E-state index < -0.39 is 28.4 Å². The summed E-state index contributed by atoms with van der Waals surface area (Å²) in [7, 11) is -2.48. The highest BCUT2D eigenvalue weighted by Crippen LogP contribution is 2.27. The summed E-state index contributed by atoms with van der Waals surface area (Å²) >= 11 is 6.08. The van der Waals surface area contributed by atoms with Gasteiger partial charge in [0.05, 0.1) is 35.3 Å². The number of esters is 1. The normalized spacial score (nSPS) is 11.0. The summed E-state index contributed by atoms with van der Waals surface area (Å²) in [4.78, 5) is 24.2. The molecule has 0 atom stereocenters. The summed E-state index contributed by atoms with van der Waals surface area (Å²) in [5, 5.41) is 2.76. The number of sulfonamides is 1. The van der Waals surface area contributed by atoms with Crippen LogP contribution in [0.4, 0.5) is 11.4 Å². The zero-order chi connectivity index (χ0) is 21.1. The second-order valence-electron chi connectivity index (χ2n) is 6.24. The van der Waals surface area contributed by atoms with Crippen molar-refractivity contribution in [1.29, 1.82) is 0 Å². The summed E-state index contributed by atoms with van der Waals surface area (Å²) in [5.74, 6) is -1.18. The Labute approximate surface area is 169 Å². The predicted octanol–water partition coefficient (Wildman–Crippen LogP) is 3.15. The molecule has 1 N–H and O–H groups in total. The third kappa shape index (κ3) is 5.02. The van der Waals surface area contributed by atoms with E-state index in [-0.39, 0.29) is 16.3 Å². The molecular formula is C19H21ClN2O5S. The number of anilines is 2. The number of nitrogens with one attached hydrogen (secondary N) is 1. The van der Waals surface area contributed by atoms with Crippen molar-refractivity contribution in [3.05, 3.63) is 58.1 Å². The molecule has 0 saturated carbocycles. The minimum atomic E-state index is -3.72. The average Bonchev–Trinajstić information content (AvgIpc) is 2.61. The molecule has 2 aromatic rings. The molecule has 9 heteroatoms. The van der Waals surface area contributed by atoms with Crippen molar-refractivity contribution < 1.29 is 22.7 Å². The van der Waals surface area contributed by atoms with Crippen LogP contribution in [0.3, 0.4) is 0 Å². The lowest BCUT2D eigenvalue weighted by Gasteiger charge is -2.25. The molecular weight excluding hydrogens is 404 g/mol. The molecule has 0 aliphatic rings. The molecule has 7 nitrogen and oxygen atoms in total. The van der Waals surface area contributed by atoms with Gasteiger partial charge in [-0.1, -0.05) is 29.8 Å². The van der Waals surface area contributed by atoms with Crippen LogP contribution < -0.4 is 9.62 Å². The Balaban J connectivity index is 2.33. The van der Waals surface area contributed by atoms with E-state index >= 15 is 0 Å². The van der Waals surface area contributed by atoms with Gasteiger partial charge in [0.2, 0.25) is 15.9 Å².